The van der Waals surface area contributed by atoms with Crippen LogP contribution in [0.1, 0.15) is 5.56 Å². The fourth-order valence-electron chi connectivity index (χ4n) is 2.50. The topological polar surface area (TPSA) is 96.0 Å². The zero-order chi connectivity index (χ0) is 21.1. The van der Waals surface area contributed by atoms with Gasteiger partial charge >= 0.3 is 0 Å². The molecular formula is C19H12Cl2NO6S-. The Hall–Kier alpha value is -2.68. The zero-order valence-electron chi connectivity index (χ0n) is 14.8. The number of ether oxygens (including phenoxy) is 2. The molecule has 1 saturated heterocycles. The quantitative estimate of drug-likeness (QED) is 0.619. The van der Waals surface area contributed by atoms with Gasteiger partial charge in [0.15, 0.2) is 11.5 Å². The number of rotatable bonds is 6. The Bertz CT molecular complexity index is 1040. The molecule has 2 amide bonds. The van der Waals surface area contributed by atoms with E-state index in [1.807, 2.05) is 0 Å². The maximum atomic E-state index is 12.7. The van der Waals surface area contributed by atoms with E-state index in [9.17, 15) is 19.5 Å². The SMILES string of the molecule is COc1cc(/C=C2\SC(=O)N(c3ccc(Cl)c(Cl)c3)C2=O)ccc1OCC(=O)[O-]. The number of aliphatic carboxylic acids is 1. The molecule has 1 aliphatic heterocycles. The van der Waals surface area contributed by atoms with Gasteiger partial charge < -0.3 is 19.4 Å². The highest BCUT2D eigenvalue weighted by Gasteiger charge is 2.36. The second kappa shape index (κ2) is 8.77. The van der Waals surface area contributed by atoms with Crippen LogP contribution in [0.15, 0.2) is 41.3 Å². The van der Waals surface area contributed by atoms with Crippen LogP contribution in [0.2, 0.25) is 10.0 Å². The fraction of sp³-hybridized carbons (Fsp3) is 0.105. The number of thioether (sulfide) groups is 1. The lowest BCUT2D eigenvalue weighted by Gasteiger charge is -2.13. The Labute approximate surface area is 179 Å². The van der Waals surface area contributed by atoms with E-state index in [0.29, 0.717) is 16.3 Å². The summed E-state index contributed by atoms with van der Waals surface area (Å²) in [7, 11) is 1.39. The van der Waals surface area contributed by atoms with Crippen LogP contribution < -0.4 is 19.5 Å². The van der Waals surface area contributed by atoms with Gasteiger partial charge in [-0.05, 0) is 53.7 Å². The number of amides is 2. The number of hydrogen-bond donors (Lipinski definition) is 0. The highest BCUT2D eigenvalue weighted by atomic mass is 35.5. The minimum Gasteiger partial charge on any atom is -0.546 e. The maximum absolute atomic E-state index is 12.7. The van der Waals surface area contributed by atoms with Crippen molar-refractivity contribution in [3.8, 4) is 11.5 Å². The van der Waals surface area contributed by atoms with Gasteiger partial charge in [0.1, 0.15) is 6.61 Å². The first-order chi connectivity index (χ1) is 13.8. The van der Waals surface area contributed by atoms with Crippen molar-refractivity contribution in [3.63, 3.8) is 0 Å². The molecule has 2 aromatic carbocycles. The number of halogens is 2. The lowest BCUT2D eigenvalue weighted by atomic mass is 10.2. The summed E-state index contributed by atoms with van der Waals surface area (Å²) in [5, 5.41) is 10.6. The number of nitrogens with zero attached hydrogens (tertiary/aromatic N) is 1. The third-order valence-corrected chi connectivity index (χ3v) is 5.39. The molecule has 2 aromatic rings. The van der Waals surface area contributed by atoms with Crippen LogP contribution in [0.4, 0.5) is 10.5 Å². The van der Waals surface area contributed by atoms with Crippen LogP contribution in [0, 0.1) is 0 Å². The summed E-state index contributed by atoms with van der Waals surface area (Å²) in [4.78, 5) is 36.8. The molecule has 1 heterocycles. The first kappa shape index (κ1) is 21.0. The molecule has 0 bridgehead atoms. The molecule has 1 aliphatic rings. The summed E-state index contributed by atoms with van der Waals surface area (Å²) in [6.45, 7) is -0.627. The van der Waals surface area contributed by atoms with Crippen LogP contribution in [0.5, 0.6) is 11.5 Å². The number of carbonyl (C=O) groups is 3. The first-order valence-corrected chi connectivity index (χ1v) is 9.61. The highest BCUT2D eigenvalue weighted by molar-refractivity contribution is 8.19. The number of anilines is 1. The van der Waals surface area contributed by atoms with Crippen LogP contribution >= 0.6 is 35.0 Å². The smallest absolute Gasteiger partial charge is 0.298 e. The third kappa shape index (κ3) is 4.67. The van der Waals surface area contributed by atoms with Gasteiger partial charge in [0.2, 0.25) is 0 Å². The number of hydrogen-bond acceptors (Lipinski definition) is 7. The lowest BCUT2D eigenvalue weighted by molar-refractivity contribution is -0.307. The second-order valence-electron chi connectivity index (χ2n) is 5.69. The molecule has 0 spiro atoms. The number of carboxylic acids is 1. The average Bonchev–Trinajstić information content (AvgIpc) is 2.96. The van der Waals surface area contributed by atoms with Crippen LogP contribution in [-0.2, 0) is 9.59 Å². The van der Waals surface area contributed by atoms with Crippen LogP contribution in [0.3, 0.4) is 0 Å². The van der Waals surface area contributed by atoms with Crippen molar-refractivity contribution < 1.29 is 29.0 Å². The van der Waals surface area contributed by atoms with E-state index in [0.717, 1.165) is 16.7 Å². The minimum absolute atomic E-state index is 0.200. The highest BCUT2D eigenvalue weighted by Crippen LogP contribution is 2.38. The van der Waals surface area contributed by atoms with Crippen molar-refractivity contribution in [2.75, 3.05) is 18.6 Å². The Morgan fingerprint density at radius 2 is 1.90 bits per heavy atom. The van der Waals surface area contributed by atoms with Gasteiger partial charge in [0.25, 0.3) is 11.1 Å². The fourth-order valence-corrected chi connectivity index (χ4v) is 3.63. The molecule has 0 aliphatic carbocycles. The molecule has 7 nitrogen and oxygen atoms in total. The van der Waals surface area contributed by atoms with Crippen LogP contribution in [0.25, 0.3) is 6.08 Å². The largest absolute Gasteiger partial charge is 0.546 e. The van der Waals surface area contributed by atoms with Gasteiger partial charge in [-0.1, -0.05) is 29.3 Å². The molecule has 29 heavy (non-hydrogen) atoms. The van der Waals surface area contributed by atoms with Crippen molar-refractivity contribution in [1.82, 2.24) is 0 Å². The maximum Gasteiger partial charge on any atom is 0.298 e. The molecule has 0 N–H and O–H groups in total. The van der Waals surface area contributed by atoms with E-state index in [4.69, 9.17) is 32.7 Å². The summed E-state index contributed by atoms with van der Waals surface area (Å²) < 4.78 is 10.3. The Morgan fingerprint density at radius 3 is 2.55 bits per heavy atom. The molecule has 0 aromatic heterocycles. The van der Waals surface area contributed by atoms with Gasteiger partial charge in [-0.25, -0.2) is 4.90 Å². The predicted octanol–water partition coefficient (Wildman–Crippen LogP) is 3.37. The number of carbonyl (C=O) groups excluding carboxylic acids is 3. The second-order valence-corrected chi connectivity index (χ2v) is 7.49. The van der Waals surface area contributed by atoms with E-state index in [1.165, 1.54) is 37.5 Å². The van der Waals surface area contributed by atoms with E-state index in [1.54, 1.807) is 12.1 Å². The normalized spacial score (nSPS) is 15.1. The summed E-state index contributed by atoms with van der Waals surface area (Å²) >= 11 is 12.6. The summed E-state index contributed by atoms with van der Waals surface area (Å²) in [5.74, 6) is -1.40. The molecule has 0 radical (unpaired) electrons. The Morgan fingerprint density at radius 1 is 1.14 bits per heavy atom. The molecule has 3 rings (SSSR count). The third-order valence-electron chi connectivity index (χ3n) is 3.79. The number of methoxy groups -OCH3 is 1. The monoisotopic (exact) mass is 452 g/mol. The Balaban J connectivity index is 1.87. The van der Waals surface area contributed by atoms with Crippen molar-refractivity contribution in [2.45, 2.75) is 0 Å². The zero-order valence-corrected chi connectivity index (χ0v) is 17.1. The lowest BCUT2D eigenvalue weighted by Crippen LogP contribution is -2.29. The van der Waals surface area contributed by atoms with Gasteiger partial charge in [0, 0.05) is 0 Å². The average molecular weight is 453 g/mol. The first-order valence-electron chi connectivity index (χ1n) is 8.04. The van der Waals surface area contributed by atoms with Crippen molar-refractivity contribution in [2.24, 2.45) is 0 Å². The summed E-state index contributed by atoms with van der Waals surface area (Å²) in [6, 6.07) is 9.12. The number of carboxylic acid groups (broad SMARTS) is 1. The molecule has 1 fully saturated rings. The van der Waals surface area contributed by atoms with Crippen molar-refractivity contribution >= 4 is 63.8 Å². The molecule has 150 valence electrons. The standard InChI is InChI=1S/C19H13Cl2NO6S/c1-27-15-6-10(2-5-14(15)28-9-17(23)24)7-16-18(25)22(19(26)29-16)11-3-4-12(20)13(21)8-11/h2-8H,9H2,1H3,(H,23,24)/p-1/b16-7-. The summed E-state index contributed by atoms with van der Waals surface area (Å²) in [6.07, 6.45) is 1.52. The van der Waals surface area contributed by atoms with Gasteiger partial charge in [-0.15, -0.1) is 0 Å². The van der Waals surface area contributed by atoms with Crippen molar-refractivity contribution in [3.05, 3.63) is 56.9 Å². The Kier molecular flexibility index (Phi) is 6.36. The molecule has 10 heteroatoms. The molecule has 0 saturated carbocycles. The van der Waals surface area contributed by atoms with Gasteiger partial charge in [0.05, 0.1) is 33.7 Å². The predicted molar refractivity (Wildman–Crippen MR) is 108 cm³/mol. The molecule has 0 atom stereocenters. The van der Waals surface area contributed by atoms with Gasteiger partial charge in [-0.3, -0.25) is 9.59 Å². The van der Waals surface area contributed by atoms with E-state index < -0.39 is 23.7 Å². The number of benzene rings is 2. The summed E-state index contributed by atoms with van der Waals surface area (Å²) in [5.41, 5.74) is 0.871. The van der Waals surface area contributed by atoms with E-state index in [-0.39, 0.29) is 21.4 Å². The van der Waals surface area contributed by atoms with Gasteiger partial charge in [-0.2, -0.15) is 0 Å². The van der Waals surface area contributed by atoms with E-state index in [2.05, 4.69) is 0 Å². The van der Waals surface area contributed by atoms with Crippen LogP contribution in [-0.4, -0.2) is 30.8 Å². The minimum atomic E-state index is -1.37. The molecular weight excluding hydrogens is 441 g/mol. The van der Waals surface area contributed by atoms with Crippen molar-refractivity contribution in [1.29, 1.82) is 0 Å². The van der Waals surface area contributed by atoms with E-state index >= 15 is 0 Å². The molecule has 0 unspecified atom stereocenters. The number of imide groups is 1.